The van der Waals surface area contributed by atoms with Gasteiger partial charge in [0.05, 0.1) is 5.56 Å². The van der Waals surface area contributed by atoms with Crippen LogP contribution in [0.5, 0.6) is 0 Å². The first-order valence-corrected chi connectivity index (χ1v) is 5.14. The molecule has 0 radical (unpaired) electrons. The molecule has 0 atom stereocenters. The Morgan fingerprint density at radius 1 is 1.13 bits per heavy atom. The average Bonchev–Trinajstić information content (AvgIpc) is 2.31. The number of rotatable bonds is 2. The zero-order valence-corrected chi connectivity index (χ0v) is 8.61. The summed E-state index contributed by atoms with van der Waals surface area (Å²) in [5.41, 5.74) is 0.578. The fraction of sp³-hybridized carbons (Fsp3) is 0. The summed E-state index contributed by atoms with van der Waals surface area (Å²) in [7, 11) is 0. The fourth-order valence-electron chi connectivity index (χ4n) is 1.03. The molecule has 2 rings (SSSR count). The van der Waals surface area contributed by atoms with E-state index in [1.807, 2.05) is 24.3 Å². The van der Waals surface area contributed by atoms with Crippen LogP contribution in [-0.4, -0.2) is 9.97 Å². The summed E-state index contributed by atoms with van der Waals surface area (Å²) in [5.74, 6) is 0. The van der Waals surface area contributed by atoms with E-state index in [0.717, 1.165) is 9.92 Å². The van der Waals surface area contributed by atoms with E-state index in [4.69, 9.17) is 5.26 Å². The lowest BCUT2D eigenvalue weighted by Crippen LogP contribution is -1.81. The van der Waals surface area contributed by atoms with Crippen LogP contribution in [0, 0.1) is 11.3 Å². The molecule has 15 heavy (non-hydrogen) atoms. The molecule has 0 aliphatic heterocycles. The van der Waals surface area contributed by atoms with E-state index >= 15 is 0 Å². The number of nitriles is 1. The lowest BCUT2D eigenvalue weighted by molar-refractivity contribution is 1.12. The predicted molar refractivity (Wildman–Crippen MR) is 57.3 cm³/mol. The van der Waals surface area contributed by atoms with Crippen LogP contribution in [0.25, 0.3) is 0 Å². The van der Waals surface area contributed by atoms with Crippen LogP contribution in [-0.2, 0) is 0 Å². The van der Waals surface area contributed by atoms with Crippen LogP contribution in [0.3, 0.4) is 0 Å². The van der Waals surface area contributed by atoms with Crippen molar-refractivity contribution in [2.24, 2.45) is 0 Å². The maximum absolute atomic E-state index is 8.61. The summed E-state index contributed by atoms with van der Waals surface area (Å²) in [6.45, 7) is 0. The van der Waals surface area contributed by atoms with Crippen molar-refractivity contribution in [1.29, 1.82) is 5.26 Å². The third kappa shape index (κ3) is 2.55. The van der Waals surface area contributed by atoms with E-state index in [1.54, 1.807) is 36.4 Å². The number of nitrogens with zero attached hydrogens (tertiary/aromatic N) is 3. The van der Waals surface area contributed by atoms with Gasteiger partial charge in [0.2, 0.25) is 0 Å². The molecule has 0 unspecified atom stereocenters. The first-order chi connectivity index (χ1) is 7.38. The molecule has 0 aliphatic rings. The molecule has 0 saturated carbocycles. The summed E-state index contributed by atoms with van der Waals surface area (Å²) in [4.78, 5) is 9.19. The summed E-state index contributed by atoms with van der Waals surface area (Å²) < 4.78 is 0. The SMILES string of the molecule is N#Cc1ccc(Sc2ccncc2)nc1. The van der Waals surface area contributed by atoms with Gasteiger partial charge in [-0.3, -0.25) is 4.98 Å². The highest BCUT2D eigenvalue weighted by Gasteiger charge is 1.98. The molecule has 2 aromatic heterocycles. The molecule has 3 nitrogen and oxygen atoms in total. The van der Waals surface area contributed by atoms with Crippen LogP contribution >= 0.6 is 11.8 Å². The first kappa shape index (κ1) is 9.69. The number of hydrogen-bond acceptors (Lipinski definition) is 4. The molecule has 2 heterocycles. The molecule has 4 heteroatoms. The Morgan fingerprint density at radius 3 is 2.53 bits per heavy atom. The van der Waals surface area contributed by atoms with E-state index in [9.17, 15) is 0 Å². The minimum absolute atomic E-state index is 0.578. The molecule has 0 amide bonds. The van der Waals surface area contributed by atoms with Gasteiger partial charge in [0.15, 0.2) is 0 Å². The summed E-state index contributed by atoms with van der Waals surface area (Å²) >= 11 is 1.55. The van der Waals surface area contributed by atoms with Crippen LogP contribution < -0.4 is 0 Å². The largest absolute Gasteiger partial charge is 0.265 e. The standard InChI is InChI=1S/C11H7N3S/c12-7-9-1-2-11(14-8-9)15-10-3-5-13-6-4-10/h1-6,8H. The zero-order valence-electron chi connectivity index (χ0n) is 7.79. The molecular formula is C11H7N3S. The van der Waals surface area contributed by atoms with Crippen molar-refractivity contribution in [2.45, 2.75) is 9.92 Å². The first-order valence-electron chi connectivity index (χ1n) is 4.32. The van der Waals surface area contributed by atoms with Crippen molar-refractivity contribution in [1.82, 2.24) is 9.97 Å². The monoisotopic (exact) mass is 213 g/mol. The minimum atomic E-state index is 0.578. The van der Waals surface area contributed by atoms with Crippen molar-refractivity contribution in [3.63, 3.8) is 0 Å². The Morgan fingerprint density at radius 2 is 1.93 bits per heavy atom. The normalized spacial score (nSPS) is 9.53. The van der Waals surface area contributed by atoms with Crippen LogP contribution in [0.4, 0.5) is 0 Å². The van der Waals surface area contributed by atoms with Gasteiger partial charge < -0.3 is 0 Å². The van der Waals surface area contributed by atoms with Gasteiger partial charge >= 0.3 is 0 Å². The Hall–Kier alpha value is -1.86. The summed E-state index contributed by atoms with van der Waals surface area (Å²) in [6.07, 6.45) is 5.06. The van der Waals surface area contributed by atoms with Gasteiger partial charge in [-0.1, -0.05) is 11.8 Å². The third-order valence-corrected chi connectivity index (χ3v) is 2.70. The van der Waals surface area contributed by atoms with Crippen LogP contribution in [0.1, 0.15) is 5.56 Å². The second-order valence-electron chi connectivity index (χ2n) is 2.78. The van der Waals surface area contributed by atoms with Crippen molar-refractivity contribution in [2.75, 3.05) is 0 Å². The van der Waals surface area contributed by atoms with Crippen LogP contribution in [0.2, 0.25) is 0 Å². The number of pyridine rings is 2. The van der Waals surface area contributed by atoms with Gasteiger partial charge in [0, 0.05) is 23.5 Å². The molecule has 0 aliphatic carbocycles. The van der Waals surface area contributed by atoms with Gasteiger partial charge in [0.25, 0.3) is 0 Å². The zero-order chi connectivity index (χ0) is 10.5. The second kappa shape index (κ2) is 4.58. The molecule has 72 valence electrons. The van der Waals surface area contributed by atoms with E-state index < -0.39 is 0 Å². The van der Waals surface area contributed by atoms with Gasteiger partial charge in [0.1, 0.15) is 11.1 Å². The van der Waals surface area contributed by atoms with Crippen LogP contribution in [0.15, 0.2) is 52.8 Å². The van der Waals surface area contributed by atoms with E-state index in [0.29, 0.717) is 5.56 Å². The van der Waals surface area contributed by atoms with E-state index in [-0.39, 0.29) is 0 Å². The quantitative estimate of drug-likeness (QED) is 0.769. The Labute approximate surface area is 91.8 Å². The minimum Gasteiger partial charge on any atom is -0.265 e. The summed E-state index contributed by atoms with van der Waals surface area (Å²) in [5, 5.41) is 9.49. The van der Waals surface area contributed by atoms with Crippen molar-refractivity contribution >= 4 is 11.8 Å². The maximum atomic E-state index is 8.61. The fourth-order valence-corrected chi connectivity index (χ4v) is 1.77. The number of aromatic nitrogens is 2. The second-order valence-corrected chi connectivity index (χ2v) is 3.88. The molecule has 2 aromatic rings. The summed E-state index contributed by atoms with van der Waals surface area (Å²) in [6, 6.07) is 9.48. The molecule has 0 aromatic carbocycles. The van der Waals surface area contributed by atoms with Crippen molar-refractivity contribution in [3.05, 3.63) is 48.4 Å². The van der Waals surface area contributed by atoms with E-state index in [2.05, 4.69) is 9.97 Å². The van der Waals surface area contributed by atoms with Gasteiger partial charge in [-0.15, -0.1) is 0 Å². The van der Waals surface area contributed by atoms with Gasteiger partial charge in [-0.2, -0.15) is 5.26 Å². The molecule has 0 fully saturated rings. The number of hydrogen-bond donors (Lipinski definition) is 0. The molecule has 0 bridgehead atoms. The molecule has 0 spiro atoms. The van der Waals surface area contributed by atoms with E-state index in [1.165, 1.54) is 0 Å². The smallest absolute Gasteiger partial charge is 0.101 e. The Bertz CT molecular complexity index is 473. The Kier molecular flexibility index (Phi) is 2.96. The third-order valence-electron chi connectivity index (χ3n) is 1.74. The highest BCUT2D eigenvalue weighted by atomic mass is 32.2. The average molecular weight is 213 g/mol. The molecular weight excluding hydrogens is 206 g/mol. The maximum Gasteiger partial charge on any atom is 0.101 e. The predicted octanol–water partition coefficient (Wildman–Crippen LogP) is 2.50. The van der Waals surface area contributed by atoms with Crippen molar-refractivity contribution in [3.8, 4) is 6.07 Å². The topological polar surface area (TPSA) is 49.6 Å². The van der Waals surface area contributed by atoms with Crippen molar-refractivity contribution < 1.29 is 0 Å². The van der Waals surface area contributed by atoms with Gasteiger partial charge in [-0.25, -0.2) is 4.98 Å². The lowest BCUT2D eigenvalue weighted by atomic mass is 10.3. The highest BCUT2D eigenvalue weighted by Crippen LogP contribution is 2.24. The molecule has 0 N–H and O–H groups in total. The van der Waals surface area contributed by atoms with Gasteiger partial charge in [-0.05, 0) is 24.3 Å². The Balaban J connectivity index is 2.16. The molecule has 0 saturated heterocycles. The lowest BCUT2D eigenvalue weighted by Gasteiger charge is -1.99. The highest BCUT2D eigenvalue weighted by molar-refractivity contribution is 7.99.